The molecule has 2 aromatic heterocycles. The van der Waals surface area contributed by atoms with Gasteiger partial charge in [-0.25, -0.2) is 4.98 Å². The summed E-state index contributed by atoms with van der Waals surface area (Å²) in [7, 11) is 0. The minimum atomic E-state index is 1.01. The summed E-state index contributed by atoms with van der Waals surface area (Å²) in [5, 5.41) is 8.85. The maximum atomic E-state index is 4.82. The molecule has 0 saturated carbocycles. The van der Waals surface area contributed by atoms with Crippen LogP contribution in [-0.2, 0) is 6.54 Å². The van der Waals surface area contributed by atoms with E-state index in [2.05, 4.69) is 95.1 Å². The summed E-state index contributed by atoms with van der Waals surface area (Å²) in [6.07, 6.45) is 13.6. The van der Waals surface area contributed by atoms with E-state index in [-0.39, 0.29) is 0 Å². The van der Waals surface area contributed by atoms with Gasteiger partial charge in [-0.3, -0.25) is 0 Å². The van der Waals surface area contributed by atoms with Crippen LogP contribution in [-0.4, -0.2) is 16.1 Å². The first kappa shape index (κ1) is 21.5. The zero-order chi connectivity index (χ0) is 22.3. The van der Waals surface area contributed by atoms with Gasteiger partial charge in [-0.2, -0.15) is 0 Å². The Balaban J connectivity index is 1.02. The van der Waals surface area contributed by atoms with Crippen molar-refractivity contribution < 1.29 is 0 Å². The summed E-state index contributed by atoms with van der Waals surface area (Å²) in [5.41, 5.74) is 3.35. The molecule has 0 radical (unpaired) electrons. The second-order valence-corrected chi connectivity index (χ2v) is 9.05. The van der Waals surface area contributed by atoms with Crippen molar-refractivity contribution in [3.63, 3.8) is 0 Å². The summed E-state index contributed by atoms with van der Waals surface area (Å²) in [4.78, 5) is 4.82. The molecule has 5 aromatic rings. The lowest BCUT2D eigenvalue weighted by atomic mass is 10.1. The summed E-state index contributed by atoms with van der Waals surface area (Å²) in [6, 6.07) is 25.5. The fourth-order valence-electron chi connectivity index (χ4n) is 4.82. The van der Waals surface area contributed by atoms with E-state index < -0.39 is 0 Å². The Morgan fingerprint density at radius 2 is 1.09 bits per heavy atom. The highest BCUT2D eigenvalue weighted by Gasteiger charge is 2.07. The molecule has 3 aromatic carbocycles. The first-order valence-corrected chi connectivity index (χ1v) is 12.4. The van der Waals surface area contributed by atoms with E-state index in [0.29, 0.717) is 0 Å². The predicted octanol–water partition coefficient (Wildman–Crippen LogP) is 8.19. The molecule has 0 amide bonds. The summed E-state index contributed by atoms with van der Waals surface area (Å²) >= 11 is 0. The molecule has 168 valence electrons. The van der Waals surface area contributed by atoms with Gasteiger partial charge < -0.3 is 9.88 Å². The second kappa shape index (κ2) is 10.5. The zero-order valence-electron chi connectivity index (χ0n) is 19.3. The molecule has 0 fully saturated rings. The number of anilines is 1. The molecule has 3 nitrogen and oxygen atoms in total. The Hall–Kier alpha value is -3.33. The third-order valence-electron chi connectivity index (χ3n) is 6.59. The van der Waals surface area contributed by atoms with E-state index in [4.69, 9.17) is 4.98 Å². The van der Waals surface area contributed by atoms with Crippen LogP contribution in [0.25, 0.3) is 32.6 Å². The maximum absolute atomic E-state index is 4.82. The van der Waals surface area contributed by atoms with E-state index in [1.54, 1.807) is 0 Å². The number of nitrogens with one attached hydrogen (secondary N) is 1. The highest BCUT2D eigenvalue weighted by atomic mass is 14.9. The van der Waals surface area contributed by atoms with E-state index in [1.165, 1.54) is 72.2 Å². The molecule has 2 heterocycles. The molecule has 3 heteroatoms. The first-order chi connectivity index (χ1) is 16.4. The number of fused-ring (bicyclic) bond motifs is 3. The zero-order valence-corrected chi connectivity index (χ0v) is 19.3. The number of unbranched alkanes of at least 4 members (excludes halogenated alkanes) is 6. The van der Waals surface area contributed by atoms with Gasteiger partial charge in [0.15, 0.2) is 0 Å². The third kappa shape index (κ3) is 5.19. The summed E-state index contributed by atoms with van der Waals surface area (Å²) in [5.74, 6) is 0. The number of nitrogens with zero attached hydrogens (tertiary/aromatic N) is 2. The maximum Gasteiger partial charge on any atom is 0.0730 e. The molecule has 0 bridgehead atoms. The van der Waals surface area contributed by atoms with Crippen molar-refractivity contribution in [1.29, 1.82) is 0 Å². The average molecular weight is 436 g/mol. The Morgan fingerprint density at radius 3 is 1.73 bits per heavy atom. The predicted molar refractivity (Wildman–Crippen MR) is 142 cm³/mol. The van der Waals surface area contributed by atoms with E-state index in [1.807, 2.05) is 0 Å². The van der Waals surface area contributed by atoms with Crippen molar-refractivity contribution in [3.05, 3.63) is 85.2 Å². The number of rotatable bonds is 11. The van der Waals surface area contributed by atoms with Gasteiger partial charge in [-0.1, -0.05) is 92.8 Å². The minimum absolute atomic E-state index is 1.01. The van der Waals surface area contributed by atoms with E-state index in [9.17, 15) is 0 Å². The minimum Gasteiger partial charge on any atom is -0.384 e. The van der Waals surface area contributed by atoms with Crippen molar-refractivity contribution in [1.82, 2.24) is 9.55 Å². The van der Waals surface area contributed by atoms with Gasteiger partial charge in [0.1, 0.15) is 0 Å². The van der Waals surface area contributed by atoms with Crippen LogP contribution in [0.1, 0.15) is 44.9 Å². The highest BCUT2D eigenvalue weighted by Crippen LogP contribution is 2.30. The molecule has 0 aliphatic heterocycles. The molecule has 0 spiro atoms. The monoisotopic (exact) mass is 435 g/mol. The number of aromatic nitrogens is 2. The molecule has 0 aliphatic rings. The van der Waals surface area contributed by atoms with Crippen LogP contribution in [0.4, 0.5) is 5.69 Å². The van der Waals surface area contributed by atoms with Crippen molar-refractivity contribution in [2.75, 3.05) is 11.9 Å². The Labute approximate surface area is 196 Å². The van der Waals surface area contributed by atoms with Crippen molar-refractivity contribution in [2.24, 2.45) is 0 Å². The molecule has 5 rings (SSSR count). The van der Waals surface area contributed by atoms with E-state index in [0.717, 1.165) is 24.1 Å². The lowest BCUT2D eigenvalue weighted by Crippen LogP contribution is -2.03. The van der Waals surface area contributed by atoms with Crippen LogP contribution in [0.2, 0.25) is 0 Å². The lowest BCUT2D eigenvalue weighted by molar-refractivity contribution is 0.549. The van der Waals surface area contributed by atoms with Crippen molar-refractivity contribution in [3.8, 4) is 0 Å². The molecule has 33 heavy (non-hydrogen) atoms. The van der Waals surface area contributed by atoms with Crippen LogP contribution in [0.5, 0.6) is 0 Å². The smallest absolute Gasteiger partial charge is 0.0730 e. The standard InChI is InChI=1S/C30H33N3/c1(3-5-13-21-33-22-24-14-6-7-15-25(24)23-33)2-4-12-20-31-30-26-16-8-10-18-28(26)32-29-19-11-9-17-27(29)30/h6-11,14-19,22-23H,1-5,12-13,20-21H2,(H,31,32). The second-order valence-electron chi connectivity index (χ2n) is 9.05. The van der Waals surface area contributed by atoms with Crippen LogP contribution >= 0.6 is 0 Å². The number of aryl methyl sites for hydroxylation is 1. The third-order valence-corrected chi connectivity index (χ3v) is 6.59. The van der Waals surface area contributed by atoms with E-state index >= 15 is 0 Å². The van der Waals surface area contributed by atoms with Gasteiger partial charge in [-0.15, -0.1) is 0 Å². The van der Waals surface area contributed by atoms with Crippen LogP contribution in [0.3, 0.4) is 0 Å². The molecule has 0 saturated heterocycles. The highest BCUT2D eigenvalue weighted by molar-refractivity contribution is 6.07. The van der Waals surface area contributed by atoms with Crippen LogP contribution in [0.15, 0.2) is 85.2 Å². The van der Waals surface area contributed by atoms with Crippen LogP contribution < -0.4 is 5.32 Å². The molecule has 0 unspecified atom stereocenters. The quantitative estimate of drug-likeness (QED) is 0.167. The largest absolute Gasteiger partial charge is 0.384 e. The first-order valence-electron chi connectivity index (χ1n) is 12.4. The summed E-state index contributed by atoms with van der Waals surface area (Å²) < 4.78 is 2.35. The number of benzene rings is 3. The fraction of sp³-hybridized carbons (Fsp3) is 0.300. The van der Waals surface area contributed by atoms with Gasteiger partial charge >= 0.3 is 0 Å². The van der Waals surface area contributed by atoms with Crippen molar-refractivity contribution >= 4 is 38.3 Å². The number of hydrogen-bond acceptors (Lipinski definition) is 2. The SMILES string of the molecule is c1ccc2cn(CCCCCCCCCNc3c4ccccc4nc4ccccc34)cc2c1. The molecule has 0 aliphatic carbocycles. The number of para-hydroxylation sites is 2. The van der Waals surface area contributed by atoms with Gasteiger partial charge in [0.05, 0.1) is 16.7 Å². The summed E-state index contributed by atoms with van der Waals surface area (Å²) in [6.45, 7) is 2.14. The van der Waals surface area contributed by atoms with Crippen molar-refractivity contribution in [2.45, 2.75) is 51.5 Å². The molecular formula is C30H33N3. The lowest BCUT2D eigenvalue weighted by Gasteiger charge is -2.13. The molecular weight excluding hydrogens is 402 g/mol. The topological polar surface area (TPSA) is 29.9 Å². The number of hydrogen-bond donors (Lipinski definition) is 1. The van der Waals surface area contributed by atoms with Gasteiger partial charge in [0.2, 0.25) is 0 Å². The number of pyridine rings is 1. The fourth-order valence-corrected chi connectivity index (χ4v) is 4.82. The van der Waals surface area contributed by atoms with Gasteiger partial charge in [0.25, 0.3) is 0 Å². The molecule has 1 N–H and O–H groups in total. The van der Waals surface area contributed by atoms with Gasteiger partial charge in [-0.05, 0) is 35.7 Å². The molecule has 0 atom stereocenters. The Kier molecular flexibility index (Phi) is 6.86. The Bertz CT molecular complexity index is 1250. The normalized spacial score (nSPS) is 11.5. The van der Waals surface area contributed by atoms with Gasteiger partial charge in [0, 0.05) is 36.3 Å². The average Bonchev–Trinajstić information content (AvgIpc) is 3.27. The van der Waals surface area contributed by atoms with Crippen LogP contribution in [0, 0.1) is 0 Å². The Morgan fingerprint density at radius 1 is 0.576 bits per heavy atom.